The van der Waals surface area contributed by atoms with Crippen LogP contribution < -0.4 is 5.32 Å². The normalized spacial score (nSPS) is 10.6. The minimum atomic E-state index is 0.773. The van der Waals surface area contributed by atoms with Crippen molar-refractivity contribution in [3.8, 4) is 0 Å². The fourth-order valence-corrected chi connectivity index (χ4v) is 1.52. The number of halogens is 1. The van der Waals surface area contributed by atoms with E-state index < -0.39 is 0 Å². The highest BCUT2D eigenvalue weighted by Gasteiger charge is 1.93. The standard InChI is InChI=1S/C13H20ClNO/c1-2-8-15-9-11-16-10-7-12-3-5-13(14)6-4-12/h3-6,15H,2,7-11H2,1H3. The van der Waals surface area contributed by atoms with Gasteiger partial charge < -0.3 is 10.1 Å². The van der Waals surface area contributed by atoms with E-state index in [1.54, 1.807) is 0 Å². The van der Waals surface area contributed by atoms with Crippen molar-refractivity contribution in [1.82, 2.24) is 5.32 Å². The lowest BCUT2D eigenvalue weighted by atomic mass is 10.2. The van der Waals surface area contributed by atoms with Gasteiger partial charge in [0, 0.05) is 11.6 Å². The monoisotopic (exact) mass is 241 g/mol. The molecule has 0 saturated carbocycles. The molecule has 1 aromatic rings. The van der Waals surface area contributed by atoms with Gasteiger partial charge in [0.15, 0.2) is 0 Å². The van der Waals surface area contributed by atoms with Gasteiger partial charge in [-0.05, 0) is 37.1 Å². The third kappa shape index (κ3) is 6.11. The summed E-state index contributed by atoms with van der Waals surface area (Å²) in [7, 11) is 0. The van der Waals surface area contributed by atoms with E-state index in [2.05, 4.69) is 12.2 Å². The summed E-state index contributed by atoms with van der Waals surface area (Å²) in [6.07, 6.45) is 2.12. The Morgan fingerprint density at radius 1 is 1.12 bits per heavy atom. The van der Waals surface area contributed by atoms with Gasteiger partial charge in [-0.3, -0.25) is 0 Å². The van der Waals surface area contributed by atoms with E-state index in [0.29, 0.717) is 0 Å². The van der Waals surface area contributed by atoms with Crippen LogP contribution in [0.3, 0.4) is 0 Å². The number of hydrogen-bond acceptors (Lipinski definition) is 2. The zero-order chi connectivity index (χ0) is 11.6. The summed E-state index contributed by atoms with van der Waals surface area (Å²) in [6.45, 7) is 5.73. The van der Waals surface area contributed by atoms with Crippen LogP contribution in [0.2, 0.25) is 5.02 Å². The first-order valence-electron chi connectivity index (χ1n) is 5.86. The van der Waals surface area contributed by atoms with Crippen molar-refractivity contribution in [3.63, 3.8) is 0 Å². The fraction of sp³-hybridized carbons (Fsp3) is 0.538. The second-order valence-corrected chi connectivity index (χ2v) is 4.18. The molecule has 0 fully saturated rings. The molecule has 1 aromatic carbocycles. The molecule has 2 nitrogen and oxygen atoms in total. The number of rotatable bonds is 8. The zero-order valence-corrected chi connectivity index (χ0v) is 10.6. The van der Waals surface area contributed by atoms with Crippen LogP contribution in [0, 0.1) is 0 Å². The van der Waals surface area contributed by atoms with Crippen LogP contribution in [0.25, 0.3) is 0 Å². The number of hydrogen-bond donors (Lipinski definition) is 1. The van der Waals surface area contributed by atoms with Gasteiger partial charge in [-0.15, -0.1) is 0 Å². The van der Waals surface area contributed by atoms with Crippen LogP contribution in [-0.2, 0) is 11.2 Å². The maximum Gasteiger partial charge on any atom is 0.0591 e. The SMILES string of the molecule is CCCNCCOCCc1ccc(Cl)cc1. The summed E-state index contributed by atoms with van der Waals surface area (Å²) in [6, 6.07) is 7.92. The van der Waals surface area contributed by atoms with Gasteiger partial charge in [0.2, 0.25) is 0 Å². The molecule has 0 aromatic heterocycles. The molecule has 0 spiro atoms. The van der Waals surface area contributed by atoms with E-state index >= 15 is 0 Å². The molecular formula is C13H20ClNO. The summed E-state index contributed by atoms with van der Waals surface area (Å²) < 4.78 is 5.52. The van der Waals surface area contributed by atoms with Crippen LogP contribution in [-0.4, -0.2) is 26.3 Å². The molecule has 0 aliphatic rings. The molecule has 0 aliphatic carbocycles. The van der Waals surface area contributed by atoms with Gasteiger partial charge in [-0.25, -0.2) is 0 Å². The Morgan fingerprint density at radius 2 is 1.88 bits per heavy atom. The molecule has 0 atom stereocenters. The second-order valence-electron chi connectivity index (χ2n) is 3.74. The first kappa shape index (κ1) is 13.5. The topological polar surface area (TPSA) is 21.3 Å². The summed E-state index contributed by atoms with van der Waals surface area (Å²) in [4.78, 5) is 0. The van der Waals surface area contributed by atoms with E-state index in [4.69, 9.17) is 16.3 Å². The highest BCUT2D eigenvalue weighted by atomic mass is 35.5. The van der Waals surface area contributed by atoms with Crippen LogP contribution in [0.15, 0.2) is 24.3 Å². The van der Waals surface area contributed by atoms with Crippen molar-refractivity contribution < 1.29 is 4.74 Å². The summed E-state index contributed by atoms with van der Waals surface area (Å²) in [5, 5.41) is 4.08. The van der Waals surface area contributed by atoms with E-state index in [1.165, 1.54) is 12.0 Å². The summed E-state index contributed by atoms with van der Waals surface area (Å²) in [5.74, 6) is 0. The summed E-state index contributed by atoms with van der Waals surface area (Å²) >= 11 is 5.80. The smallest absolute Gasteiger partial charge is 0.0591 e. The maximum atomic E-state index is 5.80. The molecule has 90 valence electrons. The Hall–Kier alpha value is -0.570. The Bertz CT molecular complexity index is 274. The first-order valence-corrected chi connectivity index (χ1v) is 6.23. The minimum Gasteiger partial charge on any atom is -0.380 e. The van der Waals surface area contributed by atoms with Gasteiger partial charge in [0.05, 0.1) is 13.2 Å². The fourth-order valence-electron chi connectivity index (χ4n) is 1.39. The summed E-state index contributed by atoms with van der Waals surface area (Å²) in [5.41, 5.74) is 1.27. The van der Waals surface area contributed by atoms with Crippen LogP contribution in [0.1, 0.15) is 18.9 Å². The van der Waals surface area contributed by atoms with E-state index in [0.717, 1.165) is 37.7 Å². The second kappa shape index (κ2) is 8.57. The average Bonchev–Trinajstić information content (AvgIpc) is 2.30. The van der Waals surface area contributed by atoms with Gasteiger partial charge >= 0.3 is 0 Å². The van der Waals surface area contributed by atoms with Gasteiger partial charge in [-0.2, -0.15) is 0 Å². The Kier molecular flexibility index (Phi) is 7.23. The minimum absolute atomic E-state index is 0.773. The molecule has 0 aliphatic heterocycles. The highest BCUT2D eigenvalue weighted by Crippen LogP contribution is 2.09. The average molecular weight is 242 g/mol. The third-order valence-corrected chi connectivity index (χ3v) is 2.55. The van der Waals surface area contributed by atoms with Gasteiger partial charge in [-0.1, -0.05) is 30.7 Å². The number of benzene rings is 1. The van der Waals surface area contributed by atoms with Crippen LogP contribution in [0.5, 0.6) is 0 Å². The number of ether oxygens (including phenoxy) is 1. The van der Waals surface area contributed by atoms with Crippen molar-refractivity contribution in [2.24, 2.45) is 0 Å². The van der Waals surface area contributed by atoms with Crippen molar-refractivity contribution in [2.45, 2.75) is 19.8 Å². The van der Waals surface area contributed by atoms with E-state index in [-0.39, 0.29) is 0 Å². The molecule has 0 unspecified atom stereocenters. The maximum absolute atomic E-state index is 5.80. The van der Waals surface area contributed by atoms with Crippen molar-refractivity contribution in [1.29, 1.82) is 0 Å². The van der Waals surface area contributed by atoms with E-state index in [1.807, 2.05) is 24.3 Å². The lowest BCUT2D eigenvalue weighted by Gasteiger charge is -2.05. The Balaban J connectivity index is 2.01. The van der Waals surface area contributed by atoms with Crippen LogP contribution in [0.4, 0.5) is 0 Å². The lowest BCUT2D eigenvalue weighted by Crippen LogP contribution is -2.20. The lowest BCUT2D eigenvalue weighted by molar-refractivity contribution is 0.139. The quantitative estimate of drug-likeness (QED) is 0.707. The highest BCUT2D eigenvalue weighted by molar-refractivity contribution is 6.30. The zero-order valence-electron chi connectivity index (χ0n) is 9.84. The molecular weight excluding hydrogens is 222 g/mol. The number of nitrogens with one attached hydrogen (secondary N) is 1. The van der Waals surface area contributed by atoms with Crippen molar-refractivity contribution in [3.05, 3.63) is 34.9 Å². The van der Waals surface area contributed by atoms with Crippen molar-refractivity contribution in [2.75, 3.05) is 26.3 Å². The van der Waals surface area contributed by atoms with Gasteiger partial charge in [0.25, 0.3) is 0 Å². The Labute approximate surface area is 103 Å². The molecule has 0 radical (unpaired) electrons. The molecule has 1 N–H and O–H groups in total. The van der Waals surface area contributed by atoms with Gasteiger partial charge in [0.1, 0.15) is 0 Å². The largest absolute Gasteiger partial charge is 0.380 e. The molecule has 0 heterocycles. The van der Waals surface area contributed by atoms with Crippen molar-refractivity contribution >= 4 is 11.6 Å². The molecule has 1 rings (SSSR count). The molecule has 0 bridgehead atoms. The molecule has 0 saturated heterocycles. The molecule has 3 heteroatoms. The first-order chi connectivity index (χ1) is 7.83. The predicted octanol–water partition coefficient (Wildman–Crippen LogP) is 2.90. The molecule has 0 amide bonds. The van der Waals surface area contributed by atoms with Crippen LogP contribution >= 0.6 is 11.6 Å². The van der Waals surface area contributed by atoms with E-state index in [9.17, 15) is 0 Å². The third-order valence-electron chi connectivity index (χ3n) is 2.30. The predicted molar refractivity (Wildman–Crippen MR) is 69.1 cm³/mol. The Morgan fingerprint density at radius 3 is 2.56 bits per heavy atom. The molecule has 16 heavy (non-hydrogen) atoms.